The number of carbonyl (C=O) groups excluding carboxylic acids is 1. The molecular formula is C28H33Cl2FN4O3. The first-order valence-electron chi connectivity index (χ1n) is 12.6. The van der Waals surface area contributed by atoms with Crippen molar-refractivity contribution in [3.8, 4) is 5.75 Å². The van der Waals surface area contributed by atoms with Crippen LogP contribution >= 0.6 is 23.2 Å². The fourth-order valence-corrected chi connectivity index (χ4v) is 5.89. The monoisotopic (exact) mass is 562 g/mol. The minimum absolute atomic E-state index is 0.0846. The minimum atomic E-state index is -0.579. The number of fused-ring (bicyclic) bond motifs is 1. The molecule has 2 heterocycles. The molecule has 0 saturated carbocycles. The molecule has 0 unspecified atom stereocenters. The van der Waals surface area contributed by atoms with E-state index in [4.69, 9.17) is 27.9 Å². The highest BCUT2D eigenvalue weighted by molar-refractivity contribution is 6.35. The fraction of sp³-hybridized carbons (Fsp3) is 0.429. The van der Waals surface area contributed by atoms with Gasteiger partial charge in [0, 0.05) is 54.0 Å². The molecule has 2 aromatic carbocycles. The Hall–Kier alpha value is -2.81. The molecule has 3 aromatic rings. The van der Waals surface area contributed by atoms with Crippen LogP contribution in [0.15, 0.2) is 29.2 Å². The smallest absolute Gasteiger partial charge is 0.257 e. The van der Waals surface area contributed by atoms with Gasteiger partial charge < -0.3 is 24.8 Å². The molecule has 0 aliphatic carbocycles. The van der Waals surface area contributed by atoms with Crippen LogP contribution in [-0.2, 0) is 6.54 Å². The summed E-state index contributed by atoms with van der Waals surface area (Å²) in [5.74, 6) is -0.864. The number of benzene rings is 2. The number of amides is 1. The standard InChI is InChI=1S/C28H33Cl2FN4O3/c1-14(2)35-13-21(28(37)32-10-20-15(3)7-18(29)8-22(20)30)26(36)19-9-23(31)25(27(38-6)24(19)35)34-11-16(4)33-17(5)12-34/h7-9,13-14,16-17,33H,10-12H2,1-6H3,(H,32,37)/t16-,17+. The first kappa shape index (κ1) is 28.2. The van der Waals surface area contributed by atoms with Gasteiger partial charge in [-0.05, 0) is 63.9 Å². The summed E-state index contributed by atoms with van der Waals surface area (Å²) in [6.45, 7) is 11.1. The molecule has 0 radical (unpaired) electrons. The Labute approximate surface area is 231 Å². The number of rotatable bonds is 6. The molecule has 4 rings (SSSR count). The second-order valence-electron chi connectivity index (χ2n) is 10.2. The highest BCUT2D eigenvalue weighted by Crippen LogP contribution is 2.39. The summed E-state index contributed by atoms with van der Waals surface area (Å²) in [6.07, 6.45) is 1.52. The zero-order valence-electron chi connectivity index (χ0n) is 22.4. The van der Waals surface area contributed by atoms with Crippen molar-refractivity contribution in [3.63, 3.8) is 0 Å². The Morgan fingerprint density at radius 2 is 1.87 bits per heavy atom. The summed E-state index contributed by atoms with van der Waals surface area (Å²) >= 11 is 12.4. The molecule has 10 heteroatoms. The quantitative estimate of drug-likeness (QED) is 0.417. The molecular weight excluding hydrogens is 530 g/mol. The molecule has 0 bridgehead atoms. The number of carbonyl (C=O) groups is 1. The van der Waals surface area contributed by atoms with E-state index >= 15 is 4.39 Å². The Balaban J connectivity index is 1.82. The minimum Gasteiger partial charge on any atom is -0.492 e. The van der Waals surface area contributed by atoms with E-state index in [2.05, 4.69) is 10.6 Å². The zero-order valence-corrected chi connectivity index (χ0v) is 23.9. The van der Waals surface area contributed by atoms with Crippen molar-refractivity contribution in [3.05, 3.63) is 67.2 Å². The van der Waals surface area contributed by atoms with Crippen LogP contribution in [0.4, 0.5) is 10.1 Å². The van der Waals surface area contributed by atoms with Crippen LogP contribution in [0.25, 0.3) is 10.9 Å². The number of nitrogens with one attached hydrogen (secondary N) is 2. The predicted octanol–water partition coefficient (Wildman–Crippen LogP) is 5.46. The lowest BCUT2D eigenvalue weighted by Gasteiger charge is -2.38. The lowest BCUT2D eigenvalue weighted by Crippen LogP contribution is -2.54. The van der Waals surface area contributed by atoms with Crippen LogP contribution in [0.3, 0.4) is 0 Å². The van der Waals surface area contributed by atoms with E-state index in [-0.39, 0.29) is 41.4 Å². The maximum Gasteiger partial charge on any atom is 0.257 e. The topological polar surface area (TPSA) is 75.6 Å². The molecule has 204 valence electrons. The number of halogens is 3. The maximum atomic E-state index is 15.7. The largest absolute Gasteiger partial charge is 0.492 e. The number of pyridine rings is 1. The van der Waals surface area contributed by atoms with Gasteiger partial charge in [0.25, 0.3) is 5.91 Å². The van der Waals surface area contributed by atoms with E-state index in [1.54, 1.807) is 16.7 Å². The van der Waals surface area contributed by atoms with Gasteiger partial charge in [0.05, 0.1) is 18.0 Å². The summed E-state index contributed by atoms with van der Waals surface area (Å²) in [6, 6.07) is 4.73. The van der Waals surface area contributed by atoms with Crippen molar-refractivity contribution in [1.29, 1.82) is 0 Å². The molecule has 0 spiro atoms. The number of anilines is 1. The van der Waals surface area contributed by atoms with Gasteiger partial charge in [-0.1, -0.05) is 23.2 Å². The SMILES string of the molecule is COc1c(N2C[C@@H](C)N[C@@H](C)C2)c(F)cc2c(=O)c(C(=O)NCc3c(C)cc(Cl)cc3Cl)cn(C(C)C)c12. The van der Waals surface area contributed by atoms with Gasteiger partial charge in [-0.15, -0.1) is 0 Å². The van der Waals surface area contributed by atoms with Gasteiger partial charge in [-0.3, -0.25) is 9.59 Å². The van der Waals surface area contributed by atoms with Crippen LogP contribution in [-0.4, -0.2) is 42.8 Å². The molecule has 2 atom stereocenters. The van der Waals surface area contributed by atoms with Crippen molar-refractivity contribution in [1.82, 2.24) is 15.2 Å². The summed E-state index contributed by atoms with van der Waals surface area (Å²) in [7, 11) is 1.47. The predicted molar refractivity (Wildman–Crippen MR) is 152 cm³/mol. The van der Waals surface area contributed by atoms with Crippen molar-refractivity contribution in [2.24, 2.45) is 0 Å². The highest BCUT2D eigenvalue weighted by Gasteiger charge is 2.30. The van der Waals surface area contributed by atoms with E-state index in [0.717, 1.165) is 5.56 Å². The Morgan fingerprint density at radius 3 is 2.45 bits per heavy atom. The molecule has 1 amide bonds. The van der Waals surface area contributed by atoms with E-state index in [9.17, 15) is 9.59 Å². The van der Waals surface area contributed by atoms with Crippen molar-refractivity contribution in [2.75, 3.05) is 25.1 Å². The van der Waals surface area contributed by atoms with Crippen molar-refractivity contribution in [2.45, 2.75) is 59.3 Å². The van der Waals surface area contributed by atoms with E-state index in [0.29, 0.717) is 39.9 Å². The first-order chi connectivity index (χ1) is 17.9. The third kappa shape index (κ3) is 5.35. The normalized spacial score (nSPS) is 17.8. The summed E-state index contributed by atoms with van der Waals surface area (Å²) in [4.78, 5) is 28.8. The maximum absolute atomic E-state index is 15.7. The Kier molecular flexibility index (Phi) is 8.26. The summed E-state index contributed by atoms with van der Waals surface area (Å²) in [5.41, 5.74) is 1.63. The Bertz CT molecular complexity index is 1420. The zero-order chi connectivity index (χ0) is 27.9. The van der Waals surface area contributed by atoms with Gasteiger partial charge in [0.2, 0.25) is 5.43 Å². The number of aryl methyl sites for hydroxylation is 1. The van der Waals surface area contributed by atoms with Crippen LogP contribution in [0.5, 0.6) is 5.75 Å². The fourth-order valence-electron chi connectivity index (χ4n) is 5.23. The highest BCUT2D eigenvalue weighted by atomic mass is 35.5. The van der Waals surface area contributed by atoms with Gasteiger partial charge >= 0.3 is 0 Å². The van der Waals surface area contributed by atoms with Crippen LogP contribution in [0, 0.1) is 12.7 Å². The number of hydrogen-bond donors (Lipinski definition) is 2. The van der Waals surface area contributed by atoms with Gasteiger partial charge in [-0.2, -0.15) is 0 Å². The first-order valence-corrected chi connectivity index (χ1v) is 13.4. The molecule has 1 aromatic heterocycles. The average Bonchev–Trinajstić information content (AvgIpc) is 2.82. The molecule has 1 saturated heterocycles. The second-order valence-corrected chi connectivity index (χ2v) is 11.1. The Morgan fingerprint density at radius 1 is 1.21 bits per heavy atom. The van der Waals surface area contributed by atoms with Crippen LogP contribution < -0.4 is 25.7 Å². The van der Waals surface area contributed by atoms with Crippen molar-refractivity contribution >= 4 is 45.7 Å². The lowest BCUT2D eigenvalue weighted by molar-refractivity contribution is 0.0949. The number of piperazine rings is 1. The molecule has 7 nitrogen and oxygen atoms in total. The van der Waals surface area contributed by atoms with Gasteiger partial charge in [-0.25, -0.2) is 4.39 Å². The number of ether oxygens (including phenoxy) is 1. The van der Waals surface area contributed by atoms with E-state index in [1.165, 1.54) is 19.4 Å². The average molecular weight is 564 g/mol. The van der Waals surface area contributed by atoms with E-state index in [1.807, 2.05) is 39.5 Å². The number of methoxy groups -OCH3 is 1. The number of nitrogens with zero attached hydrogens (tertiary/aromatic N) is 2. The van der Waals surface area contributed by atoms with Gasteiger partial charge in [0.15, 0.2) is 11.6 Å². The molecule has 1 aliphatic heterocycles. The van der Waals surface area contributed by atoms with Crippen LogP contribution in [0.2, 0.25) is 10.0 Å². The number of aromatic nitrogens is 1. The van der Waals surface area contributed by atoms with Crippen LogP contribution in [0.1, 0.15) is 55.2 Å². The molecule has 38 heavy (non-hydrogen) atoms. The summed E-state index contributed by atoms with van der Waals surface area (Å²) in [5, 5.41) is 7.23. The number of hydrogen-bond acceptors (Lipinski definition) is 5. The third-order valence-corrected chi connectivity index (χ3v) is 7.44. The lowest BCUT2D eigenvalue weighted by atomic mass is 10.0. The molecule has 1 aliphatic rings. The molecule has 2 N–H and O–H groups in total. The third-order valence-electron chi connectivity index (χ3n) is 6.89. The second kappa shape index (κ2) is 11.1. The summed E-state index contributed by atoms with van der Waals surface area (Å²) < 4.78 is 23.3. The van der Waals surface area contributed by atoms with E-state index < -0.39 is 17.2 Å². The van der Waals surface area contributed by atoms with Crippen molar-refractivity contribution < 1.29 is 13.9 Å². The molecule has 1 fully saturated rings. The van der Waals surface area contributed by atoms with Gasteiger partial charge in [0.1, 0.15) is 11.3 Å².